The number of nitrogens with one attached hydrogen (secondary N) is 1. The minimum atomic E-state index is -0.157. The van der Waals surface area contributed by atoms with E-state index in [4.69, 9.17) is 0 Å². The van der Waals surface area contributed by atoms with E-state index in [9.17, 15) is 4.39 Å². The van der Waals surface area contributed by atoms with Crippen LogP contribution < -0.4 is 5.32 Å². The third-order valence-electron chi connectivity index (χ3n) is 4.44. The molecule has 1 aliphatic rings. The van der Waals surface area contributed by atoms with Gasteiger partial charge in [-0.15, -0.1) is 0 Å². The Labute approximate surface area is 123 Å². The molecule has 0 bridgehead atoms. The van der Waals surface area contributed by atoms with Crippen molar-refractivity contribution in [3.05, 3.63) is 35.6 Å². The van der Waals surface area contributed by atoms with Crippen molar-refractivity contribution in [3.63, 3.8) is 0 Å². The van der Waals surface area contributed by atoms with Crippen LogP contribution in [0.5, 0.6) is 0 Å². The highest BCUT2D eigenvalue weighted by Crippen LogP contribution is 2.30. The maximum atomic E-state index is 13.0. The summed E-state index contributed by atoms with van der Waals surface area (Å²) in [6.07, 6.45) is 6.65. The van der Waals surface area contributed by atoms with Crippen molar-refractivity contribution in [2.45, 2.75) is 65.0 Å². The molecular weight excluding hydrogens is 249 g/mol. The van der Waals surface area contributed by atoms with Crippen LogP contribution >= 0.6 is 0 Å². The summed E-state index contributed by atoms with van der Waals surface area (Å²) < 4.78 is 13.0. The van der Waals surface area contributed by atoms with E-state index in [1.165, 1.54) is 37.7 Å². The van der Waals surface area contributed by atoms with Crippen LogP contribution in [0, 0.1) is 17.7 Å². The van der Waals surface area contributed by atoms with Crippen LogP contribution in [0.3, 0.4) is 0 Å². The van der Waals surface area contributed by atoms with Gasteiger partial charge in [0.2, 0.25) is 0 Å². The molecule has 112 valence electrons. The minimum absolute atomic E-state index is 0.157. The third-order valence-corrected chi connectivity index (χ3v) is 4.44. The minimum Gasteiger partial charge on any atom is -0.307 e. The first-order valence-corrected chi connectivity index (χ1v) is 8.06. The Kier molecular flexibility index (Phi) is 5.59. The molecular formula is C18H28FN. The van der Waals surface area contributed by atoms with Gasteiger partial charge >= 0.3 is 0 Å². The predicted molar refractivity (Wildman–Crippen MR) is 83.2 cm³/mol. The van der Waals surface area contributed by atoms with Crippen molar-refractivity contribution in [2.24, 2.45) is 11.8 Å². The third kappa shape index (κ3) is 4.59. The van der Waals surface area contributed by atoms with Crippen molar-refractivity contribution in [1.82, 2.24) is 5.32 Å². The number of benzene rings is 1. The molecule has 1 nitrogen and oxygen atoms in total. The van der Waals surface area contributed by atoms with Crippen molar-refractivity contribution < 1.29 is 4.39 Å². The first-order chi connectivity index (χ1) is 9.54. The first-order valence-electron chi connectivity index (χ1n) is 8.06. The molecule has 1 N–H and O–H groups in total. The topological polar surface area (TPSA) is 12.0 Å². The van der Waals surface area contributed by atoms with E-state index in [0.29, 0.717) is 12.1 Å². The lowest BCUT2D eigenvalue weighted by molar-refractivity contribution is 0.242. The standard InChI is InChI=1S/C18H28FN/c1-13(2)11-15-5-4-6-18(12-15)20-14(3)16-7-9-17(19)10-8-16/h7-10,13-15,18,20H,4-6,11-12H2,1-3H3/t14-,15?,18?/m0/s1. The van der Waals surface area contributed by atoms with E-state index >= 15 is 0 Å². The van der Waals surface area contributed by atoms with Crippen LogP contribution in [0.15, 0.2) is 24.3 Å². The van der Waals surface area contributed by atoms with Gasteiger partial charge in [-0.1, -0.05) is 38.8 Å². The van der Waals surface area contributed by atoms with Gasteiger partial charge in [0, 0.05) is 12.1 Å². The molecule has 0 amide bonds. The highest BCUT2D eigenvalue weighted by molar-refractivity contribution is 5.19. The second-order valence-corrected chi connectivity index (χ2v) is 6.80. The van der Waals surface area contributed by atoms with Crippen LogP contribution in [0.25, 0.3) is 0 Å². The Bertz CT molecular complexity index is 398. The molecule has 0 saturated heterocycles. The molecule has 1 aliphatic carbocycles. The highest BCUT2D eigenvalue weighted by atomic mass is 19.1. The summed E-state index contributed by atoms with van der Waals surface area (Å²) in [5, 5.41) is 3.74. The van der Waals surface area contributed by atoms with Gasteiger partial charge in [0.25, 0.3) is 0 Å². The van der Waals surface area contributed by atoms with Gasteiger partial charge in [-0.05, 0) is 55.7 Å². The smallest absolute Gasteiger partial charge is 0.123 e. The van der Waals surface area contributed by atoms with E-state index in [0.717, 1.165) is 11.8 Å². The largest absolute Gasteiger partial charge is 0.307 e. The summed E-state index contributed by atoms with van der Waals surface area (Å²) in [5.41, 5.74) is 1.18. The van der Waals surface area contributed by atoms with Crippen LogP contribution in [-0.4, -0.2) is 6.04 Å². The summed E-state index contributed by atoms with van der Waals surface area (Å²) in [4.78, 5) is 0. The molecule has 0 spiro atoms. The van der Waals surface area contributed by atoms with Crippen LogP contribution in [0.2, 0.25) is 0 Å². The molecule has 0 aliphatic heterocycles. The van der Waals surface area contributed by atoms with Gasteiger partial charge in [-0.2, -0.15) is 0 Å². The SMILES string of the molecule is CC(C)CC1CCCC(N[C@@H](C)c2ccc(F)cc2)C1. The van der Waals surface area contributed by atoms with Gasteiger partial charge in [0.15, 0.2) is 0 Å². The summed E-state index contributed by atoms with van der Waals surface area (Å²) >= 11 is 0. The molecule has 20 heavy (non-hydrogen) atoms. The second-order valence-electron chi connectivity index (χ2n) is 6.80. The Morgan fingerprint density at radius 3 is 2.50 bits per heavy atom. The summed E-state index contributed by atoms with van der Waals surface area (Å²) in [6, 6.07) is 7.81. The molecule has 2 unspecified atom stereocenters. The van der Waals surface area contributed by atoms with Crippen LogP contribution in [-0.2, 0) is 0 Å². The zero-order chi connectivity index (χ0) is 14.5. The number of rotatable bonds is 5. The van der Waals surface area contributed by atoms with Crippen molar-refractivity contribution >= 4 is 0 Å². The lowest BCUT2D eigenvalue weighted by Gasteiger charge is -2.33. The molecule has 3 atom stereocenters. The van der Waals surface area contributed by atoms with Gasteiger partial charge < -0.3 is 5.32 Å². The fourth-order valence-corrected chi connectivity index (χ4v) is 3.52. The average Bonchev–Trinajstić information content (AvgIpc) is 2.39. The van der Waals surface area contributed by atoms with Crippen LogP contribution in [0.1, 0.15) is 64.5 Å². The number of halogens is 1. The number of hydrogen-bond acceptors (Lipinski definition) is 1. The van der Waals surface area contributed by atoms with E-state index in [-0.39, 0.29) is 5.82 Å². The fraction of sp³-hybridized carbons (Fsp3) is 0.667. The second kappa shape index (κ2) is 7.21. The monoisotopic (exact) mass is 277 g/mol. The van der Waals surface area contributed by atoms with Gasteiger partial charge in [-0.25, -0.2) is 4.39 Å². The van der Waals surface area contributed by atoms with Crippen molar-refractivity contribution in [2.75, 3.05) is 0 Å². The summed E-state index contributed by atoms with van der Waals surface area (Å²) in [6.45, 7) is 6.82. The zero-order valence-corrected chi connectivity index (χ0v) is 13.0. The predicted octanol–water partition coefficient (Wildman–Crippen LogP) is 5.08. The van der Waals surface area contributed by atoms with E-state index in [2.05, 4.69) is 26.1 Å². The van der Waals surface area contributed by atoms with E-state index < -0.39 is 0 Å². The maximum absolute atomic E-state index is 13.0. The van der Waals surface area contributed by atoms with Crippen LogP contribution in [0.4, 0.5) is 4.39 Å². The molecule has 1 fully saturated rings. The van der Waals surface area contributed by atoms with Crippen molar-refractivity contribution in [3.8, 4) is 0 Å². The molecule has 2 heteroatoms. The molecule has 1 aromatic rings. The maximum Gasteiger partial charge on any atom is 0.123 e. The average molecular weight is 277 g/mol. The molecule has 2 rings (SSSR count). The normalized spacial score (nSPS) is 24.9. The van der Waals surface area contributed by atoms with Crippen molar-refractivity contribution in [1.29, 1.82) is 0 Å². The summed E-state index contributed by atoms with van der Waals surface area (Å²) in [7, 11) is 0. The summed E-state index contributed by atoms with van der Waals surface area (Å²) in [5.74, 6) is 1.52. The van der Waals surface area contributed by atoms with E-state index in [1.54, 1.807) is 12.1 Å². The van der Waals surface area contributed by atoms with E-state index in [1.807, 2.05) is 12.1 Å². The Morgan fingerprint density at radius 2 is 1.85 bits per heavy atom. The fourth-order valence-electron chi connectivity index (χ4n) is 3.52. The molecule has 1 saturated carbocycles. The Hall–Kier alpha value is -0.890. The Balaban J connectivity index is 1.87. The molecule has 0 aromatic heterocycles. The Morgan fingerprint density at radius 1 is 1.15 bits per heavy atom. The highest BCUT2D eigenvalue weighted by Gasteiger charge is 2.23. The molecule has 0 heterocycles. The first kappa shape index (κ1) is 15.5. The zero-order valence-electron chi connectivity index (χ0n) is 13.0. The lowest BCUT2D eigenvalue weighted by atomic mass is 9.81. The quantitative estimate of drug-likeness (QED) is 0.791. The molecule has 0 radical (unpaired) electrons. The van der Waals surface area contributed by atoms with Gasteiger partial charge in [0.1, 0.15) is 5.82 Å². The lowest BCUT2D eigenvalue weighted by Crippen LogP contribution is -2.36. The van der Waals surface area contributed by atoms with Gasteiger partial charge in [-0.3, -0.25) is 0 Å². The number of hydrogen-bond donors (Lipinski definition) is 1. The molecule has 1 aromatic carbocycles. The van der Waals surface area contributed by atoms with Gasteiger partial charge in [0.05, 0.1) is 0 Å².